The van der Waals surface area contributed by atoms with Crippen molar-refractivity contribution in [2.45, 2.75) is 24.9 Å². The second kappa shape index (κ2) is 7.38. The fraction of sp³-hybridized carbons (Fsp3) is 0.538. The third-order valence-corrected chi connectivity index (χ3v) is 2.66. The molecule has 0 aliphatic heterocycles. The minimum Gasteiger partial charge on any atom is -0.372 e. The van der Waals surface area contributed by atoms with Crippen LogP contribution in [0.5, 0.6) is 0 Å². The highest BCUT2D eigenvalue weighted by Gasteiger charge is 2.27. The Bertz CT molecular complexity index is 327. The van der Waals surface area contributed by atoms with E-state index in [0.29, 0.717) is 13.0 Å². The molecule has 0 spiro atoms. The van der Waals surface area contributed by atoms with E-state index in [1.807, 2.05) is 30.3 Å². The van der Waals surface area contributed by atoms with Crippen LogP contribution in [0.4, 0.5) is 13.2 Å². The van der Waals surface area contributed by atoms with Gasteiger partial charge < -0.3 is 10.5 Å². The van der Waals surface area contributed by atoms with Crippen LogP contribution >= 0.6 is 0 Å². The zero-order chi connectivity index (χ0) is 13.4. The minimum absolute atomic E-state index is 0.114. The summed E-state index contributed by atoms with van der Waals surface area (Å²) in [4.78, 5) is 0. The van der Waals surface area contributed by atoms with Gasteiger partial charge in [0.05, 0.1) is 0 Å². The quantitative estimate of drug-likeness (QED) is 0.765. The lowest BCUT2D eigenvalue weighted by Crippen LogP contribution is -2.18. The Morgan fingerprint density at radius 3 is 2.39 bits per heavy atom. The van der Waals surface area contributed by atoms with Crippen molar-refractivity contribution in [1.29, 1.82) is 0 Å². The third kappa shape index (κ3) is 6.02. The number of nitrogens with two attached hydrogens (primary N) is 1. The molecule has 1 unspecified atom stereocenters. The zero-order valence-electron chi connectivity index (χ0n) is 10.1. The van der Waals surface area contributed by atoms with E-state index in [2.05, 4.69) is 4.74 Å². The van der Waals surface area contributed by atoms with E-state index in [1.165, 1.54) is 0 Å². The highest BCUT2D eigenvalue weighted by Crippen LogP contribution is 2.20. The van der Waals surface area contributed by atoms with Crippen LogP contribution in [-0.4, -0.2) is 25.9 Å². The molecule has 0 saturated carbocycles. The fourth-order valence-corrected chi connectivity index (χ4v) is 1.77. The molecule has 1 atom stereocenters. The van der Waals surface area contributed by atoms with Gasteiger partial charge >= 0.3 is 6.18 Å². The Kier molecular flexibility index (Phi) is 6.15. The smallest absolute Gasteiger partial charge is 0.372 e. The Labute approximate surface area is 105 Å². The molecule has 102 valence electrons. The van der Waals surface area contributed by atoms with Crippen LogP contribution in [0.2, 0.25) is 0 Å². The number of halogens is 3. The number of rotatable bonds is 7. The number of hydrogen-bond donors (Lipinski definition) is 1. The Morgan fingerprint density at radius 2 is 1.83 bits per heavy atom. The standard InChI is InChI=1S/C13H18F3NO/c14-13(15,16)10-18-8-4-7-12(9-17)11-5-2-1-3-6-11/h1-3,5-6,12H,4,7-10,17H2. The Balaban J connectivity index is 2.25. The molecule has 1 aromatic rings. The van der Waals surface area contributed by atoms with Crippen molar-refractivity contribution < 1.29 is 17.9 Å². The molecule has 0 aliphatic rings. The summed E-state index contributed by atoms with van der Waals surface area (Å²) in [6.45, 7) is -0.572. The lowest BCUT2D eigenvalue weighted by molar-refractivity contribution is -0.174. The minimum atomic E-state index is -4.24. The van der Waals surface area contributed by atoms with Crippen LogP contribution in [0.15, 0.2) is 30.3 Å². The second-order valence-corrected chi connectivity index (χ2v) is 4.15. The van der Waals surface area contributed by atoms with Gasteiger partial charge in [-0.1, -0.05) is 30.3 Å². The molecule has 0 bridgehead atoms. The molecule has 0 aliphatic carbocycles. The van der Waals surface area contributed by atoms with Crippen LogP contribution in [0.3, 0.4) is 0 Å². The van der Waals surface area contributed by atoms with Crippen molar-refractivity contribution in [3.8, 4) is 0 Å². The van der Waals surface area contributed by atoms with Gasteiger partial charge in [-0.15, -0.1) is 0 Å². The maximum atomic E-state index is 11.8. The molecule has 5 heteroatoms. The second-order valence-electron chi connectivity index (χ2n) is 4.15. The van der Waals surface area contributed by atoms with E-state index >= 15 is 0 Å². The first-order valence-corrected chi connectivity index (χ1v) is 5.92. The van der Waals surface area contributed by atoms with E-state index in [1.54, 1.807) is 0 Å². The van der Waals surface area contributed by atoms with E-state index in [-0.39, 0.29) is 12.5 Å². The predicted molar refractivity (Wildman–Crippen MR) is 64.3 cm³/mol. The summed E-state index contributed by atoms with van der Waals surface area (Å²) < 4.78 is 40.0. The van der Waals surface area contributed by atoms with Crippen molar-refractivity contribution in [3.05, 3.63) is 35.9 Å². The maximum Gasteiger partial charge on any atom is 0.411 e. The molecule has 0 heterocycles. The van der Waals surface area contributed by atoms with Crippen molar-refractivity contribution in [1.82, 2.24) is 0 Å². The van der Waals surface area contributed by atoms with Crippen LogP contribution in [0, 0.1) is 0 Å². The first kappa shape index (κ1) is 15.0. The van der Waals surface area contributed by atoms with Gasteiger partial charge in [0.15, 0.2) is 0 Å². The van der Waals surface area contributed by atoms with Gasteiger partial charge in [-0.25, -0.2) is 0 Å². The summed E-state index contributed by atoms with van der Waals surface area (Å²) >= 11 is 0. The zero-order valence-corrected chi connectivity index (χ0v) is 10.1. The third-order valence-electron chi connectivity index (χ3n) is 2.66. The summed E-state index contributed by atoms with van der Waals surface area (Å²) in [5.41, 5.74) is 6.79. The lowest BCUT2D eigenvalue weighted by atomic mass is 9.95. The van der Waals surface area contributed by atoms with Crippen LogP contribution in [0.1, 0.15) is 24.3 Å². The topological polar surface area (TPSA) is 35.2 Å². The molecular weight excluding hydrogens is 243 g/mol. The van der Waals surface area contributed by atoms with Gasteiger partial charge in [0.25, 0.3) is 0 Å². The van der Waals surface area contributed by atoms with Crippen molar-refractivity contribution >= 4 is 0 Å². The molecular formula is C13H18F3NO. The molecule has 0 amide bonds. The highest BCUT2D eigenvalue weighted by molar-refractivity contribution is 5.19. The predicted octanol–water partition coefficient (Wildman–Crippen LogP) is 3.09. The largest absolute Gasteiger partial charge is 0.411 e. The van der Waals surface area contributed by atoms with Crippen LogP contribution in [0.25, 0.3) is 0 Å². The van der Waals surface area contributed by atoms with Gasteiger partial charge in [0.2, 0.25) is 0 Å². The summed E-state index contributed by atoms with van der Waals surface area (Å²) in [5.74, 6) is 0.181. The number of hydrogen-bond acceptors (Lipinski definition) is 2. The van der Waals surface area contributed by atoms with Gasteiger partial charge in [-0.2, -0.15) is 13.2 Å². The molecule has 1 aromatic carbocycles. The Hall–Kier alpha value is -1.07. The van der Waals surface area contributed by atoms with E-state index in [4.69, 9.17) is 5.73 Å². The van der Waals surface area contributed by atoms with Gasteiger partial charge in [0.1, 0.15) is 6.61 Å². The van der Waals surface area contributed by atoms with Crippen LogP contribution < -0.4 is 5.73 Å². The molecule has 0 fully saturated rings. The van der Waals surface area contributed by atoms with Crippen molar-refractivity contribution in [2.75, 3.05) is 19.8 Å². The van der Waals surface area contributed by atoms with Crippen LogP contribution in [-0.2, 0) is 4.74 Å². The molecule has 2 N–H and O–H groups in total. The fourth-order valence-electron chi connectivity index (χ4n) is 1.77. The molecule has 0 aromatic heterocycles. The average Bonchev–Trinajstić information content (AvgIpc) is 2.33. The van der Waals surface area contributed by atoms with Gasteiger partial charge in [-0.3, -0.25) is 0 Å². The monoisotopic (exact) mass is 261 g/mol. The lowest BCUT2D eigenvalue weighted by Gasteiger charge is -2.15. The molecule has 1 rings (SSSR count). The maximum absolute atomic E-state index is 11.8. The normalized spacial score (nSPS) is 13.6. The number of ether oxygens (including phenoxy) is 1. The summed E-state index contributed by atoms with van der Waals surface area (Å²) in [6.07, 6.45) is -2.93. The first-order valence-electron chi connectivity index (χ1n) is 5.92. The summed E-state index contributed by atoms with van der Waals surface area (Å²) in [6, 6.07) is 9.74. The van der Waals surface area contributed by atoms with E-state index in [9.17, 15) is 13.2 Å². The van der Waals surface area contributed by atoms with Gasteiger partial charge in [-0.05, 0) is 30.9 Å². The molecule has 2 nitrogen and oxygen atoms in total. The highest BCUT2D eigenvalue weighted by atomic mass is 19.4. The number of benzene rings is 1. The molecule has 0 saturated heterocycles. The summed E-state index contributed by atoms with van der Waals surface area (Å²) in [7, 11) is 0. The number of alkyl halides is 3. The van der Waals surface area contributed by atoms with Crippen molar-refractivity contribution in [2.24, 2.45) is 5.73 Å². The van der Waals surface area contributed by atoms with Gasteiger partial charge in [0, 0.05) is 6.61 Å². The molecule has 0 radical (unpaired) electrons. The van der Waals surface area contributed by atoms with E-state index < -0.39 is 12.8 Å². The van der Waals surface area contributed by atoms with Crippen molar-refractivity contribution in [3.63, 3.8) is 0 Å². The average molecular weight is 261 g/mol. The van der Waals surface area contributed by atoms with E-state index in [0.717, 1.165) is 12.0 Å². The SMILES string of the molecule is NCC(CCCOCC(F)(F)F)c1ccccc1. The molecule has 18 heavy (non-hydrogen) atoms. The summed E-state index contributed by atoms with van der Waals surface area (Å²) in [5, 5.41) is 0. The first-order chi connectivity index (χ1) is 8.53. The Morgan fingerprint density at radius 1 is 1.17 bits per heavy atom.